The first-order valence-electron chi connectivity index (χ1n) is 5.61. The van der Waals surface area contributed by atoms with E-state index in [2.05, 4.69) is 49.7 Å². The van der Waals surface area contributed by atoms with Crippen LogP contribution in [0.3, 0.4) is 0 Å². The summed E-state index contributed by atoms with van der Waals surface area (Å²) < 4.78 is 0. The second kappa shape index (κ2) is 6.50. The molecule has 3 heteroatoms. The highest BCUT2D eigenvalue weighted by molar-refractivity contribution is 8.07. The Hall–Kier alpha value is -1.22. The molecular formula is C14H19NOS. The van der Waals surface area contributed by atoms with Crippen LogP contribution in [0.15, 0.2) is 29.8 Å². The van der Waals surface area contributed by atoms with Crippen LogP contribution >= 0.6 is 11.8 Å². The van der Waals surface area contributed by atoms with E-state index in [1.165, 1.54) is 16.0 Å². The third kappa shape index (κ3) is 3.63. The van der Waals surface area contributed by atoms with Crippen molar-refractivity contribution in [1.82, 2.24) is 5.32 Å². The van der Waals surface area contributed by atoms with Crippen LogP contribution in [0.4, 0.5) is 0 Å². The Balaban J connectivity index is 2.95. The minimum absolute atomic E-state index is 0.0611. The van der Waals surface area contributed by atoms with Gasteiger partial charge in [-0.15, -0.1) is 11.8 Å². The minimum atomic E-state index is 0.0611. The summed E-state index contributed by atoms with van der Waals surface area (Å²) in [7, 11) is 0. The molecule has 1 atom stereocenters. The summed E-state index contributed by atoms with van der Waals surface area (Å²) >= 11 is 1.76. The molecule has 17 heavy (non-hydrogen) atoms. The lowest BCUT2D eigenvalue weighted by Crippen LogP contribution is -2.15. The van der Waals surface area contributed by atoms with Crippen molar-refractivity contribution in [1.29, 1.82) is 0 Å². The van der Waals surface area contributed by atoms with Gasteiger partial charge in [0.25, 0.3) is 0 Å². The minimum Gasteiger partial charge on any atom is -0.352 e. The Kier molecular flexibility index (Phi) is 5.29. The zero-order chi connectivity index (χ0) is 12.8. The fourth-order valence-corrected chi connectivity index (χ4v) is 2.51. The van der Waals surface area contributed by atoms with Crippen LogP contribution in [0.5, 0.6) is 0 Å². The molecule has 0 aromatic heterocycles. The summed E-state index contributed by atoms with van der Waals surface area (Å²) in [6.45, 7) is 6.21. The van der Waals surface area contributed by atoms with E-state index in [-0.39, 0.29) is 6.04 Å². The van der Waals surface area contributed by atoms with Crippen LogP contribution in [-0.4, -0.2) is 12.7 Å². The lowest BCUT2D eigenvalue weighted by atomic mass is 10.0. The van der Waals surface area contributed by atoms with Crippen molar-refractivity contribution in [3.63, 3.8) is 0 Å². The van der Waals surface area contributed by atoms with Gasteiger partial charge in [0.1, 0.15) is 0 Å². The number of hydrogen-bond acceptors (Lipinski definition) is 2. The maximum absolute atomic E-state index is 10.4. The molecule has 1 rings (SSSR count). The van der Waals surface area contributed by atoms with E-state index in [0.29, 0.717) is 0 Å². The van der Waals surface area contributed by atoms with E-state index in [4.69, 9.17) is 0 Å². The van der Waals surface area contributed by atoms with Crippen LogP contribution < -0.4 is 5.32 Å². The molecule has 0 aliphatic rings. The Morgan fingerprint density at radius 3 is 2.29 bits per heavy atom. The first-order valence-corrected chi connectivity index (χ1v) is 6.84. The van der Waals surface area contributed by atoms with Gasteiger partial charge in [-0.3, -0.25) is 4.79 Å². The summed E-state index contributed by atoms with van der Waals surface area (Å²) in [5.74, 6) is 0. The summed E-state index contributed by atoms with van der Waals surface area (Å²) in [6.07, 6.45) is 2.83. The predicted octanol–water partition coefficient (Wildman–Crippen LogP) is 3.61. The molecule has 2 nitrogen and oxygen atoms in total. The van der Waals surface area contributed by atoms with Crippen molar-refractivity contribution in [3.05, 3.63) is 41.0 Å². The van der Waals surface area contributed by atoms with Gasteiger partial charge >= 0.3 is 0 Å². The number of carbonyl (C=O) groups excluding carboxylic acids is 1. The molecule has 1 amide bonds. The summed E-state index contributed by atoms with van der Waals surface area (Å²) in [6, 6.07) is 8.41. The molecule has 1 aromatic carbocycles. The Labute approximate surface area is 107 Å². The number of amides is 1. The van der Waals surface area contributed by atoms with E-state index < -0.39 is 0 Å². The van der Waals surface area contributed by atoms with E-state index in [0.717, 1.165) is 12.0 Å². The number of nitrogens with one attached hydrogen (secondary N) is 1. The highest BCUT2D eigenvalue weighted by atomic mass is 32.2. The monoisotopic (exact) mass is 249 g/mol. The van der Waals surface area contributed by atoms with Crippen molar-refractivity contribution in [3.8, 4) is 0 Å². The first-order chi connectivity index (χ1) is 8.10. The average molecular weight is 249 g/mol. The van der Waals surface area contributed by atoms with Gasteiger partial charge in [-0.05, 0) is 38.2 Å². The van der Waals surface area contributed by atoms with Gasteiger partial charge in [0.2, 0.25) is 6.41 Å². The third-order valence-corrected chi connectivity index (χ3v) is 3.70. The molecule has 0 fully saturated rings. The zero-order valence-electron chi connectivity index (χ0n) is 10.8. The van der Waals surface area contributed by atoms with Crippen molar-refractivity contribution in [2.24, 2.45) is 0 Å². The Morgan fingerprint density at radius 2 is 1.88 bits per heavy atom. The molecule has 0 aliphatic heterocycles. The van der Waals surface area contributed by atoms with Crippen LogP contribution in [0.25, 0.3) is 4.91 Å². The zero-order valence-corrected chi connectivity index (χ0v) is 11.6. The average Bonchev–Trinajstić information content (AvgIpc) is 2.30. The topological polar surface area (TPSA) is 29.1 Å². The molecule has 1 unspecified atom stereocenters. The molecule has 0 aliphatic carbocycles. The molecule has 1 N–H and O–H groups in total. The standard InChI is InChI=1S/C14H19NOS/c1-10(2)14(17-4)13-7-5-12(6-8-13)11(3)15-9-16/h5-9,11H,1-4H3,(H,15,16). The molecule has 92 valence electrons. The molecule has 0 spiro atoms. The number of hydrogen-bond donors (Lipinski definition) is 1. The molecular weight excluding hydrogens is 230 g/mol. The summed E-state index contributed by atoms with van der Waals surface area (Å²) in [5.41, 5.74) is 3.68. The number of allylic oxidation sites excluding steroid dienone is 1. The fourth-order valence-electron chi connectivity index (χ4n) is 1.73. The summed E-state index contributed by atoms with van der Waals surface area (Å²) in [4.78, 5) is 11.7. The Morgan fingerprint density at radius 1 is 1.29 bits per heavy atom. The van der Waals surface area contributed by atoms with Crippen molar-refractivity contribution in [2.45, 2.75) is 26.8 Å². The van der Waals surface area contributed by atoms with E-state index >= 15 is 0 Å². The van der Waals surface area contributed by atoms with Crippen molar-refractivity contribution in [2.75, 3.05) is 6.26 Å². The third-order valence-electron chi connectivity index (χ3n) is 2.65. The van der Waals surface area contributed by atoms with Crippen molar-refractivity contribution < 1.29 is 4.79 Å². The van der Waals surface area contributed by atoms with Gasteiger partial charge in [0, 0.05) is 4.91 Å². The van der Waals surface area contributed by atoms with Crippen LogP contribution in [0.1, 0.15) is 37.9 Å². The van der Waals surface area contributed by atoms with E-state index in [1.807, 2.05) is 6.92 Å². The number of rotatable bonds is 5. The fraction of sp³-hybridized carbons (Fsp3) is 0.357. The van der Waals surface area contributed by atoms with Crippen molar-refractivity contribution >= 4 is 23.1 Å². The highest BCUT2D eigenvalue weighted by Crippen LogP contribution is 2.29. The lowest BCUT2D eigenvalue weighted by molar-refractivity contribution is -0.110. The van der Waals surface area contributed by atoms with E-state index in [9.17, 15) is 4.79 Å². The molecule has 0 bridgehead atoms. The molecule has 0 saturated carbocycles. The van der Waals surface area contributed by atoms with Gasteiger partial charge in [-0.1, -0.05) is 29.8 Å². The highest BCUT2D eigenvalue weighted by Gasteiger charge is 2.06. The summed E-state index contributed by atoms with van der Waals surface area (Å²) in [5, 5.41) is 2.75. The number of thioether (sulfide) groups is 1. The Bertz CT molecular complexity index is 405. The van der Waals surface area contributed by atoms with Gasteiger partial charge < -0.3 is 5.32 Å². The van der Waals surface area contributed by atoms with Crippen LogP contribution in [-0.2, 0) is 4.79 Å². The quantitative estimate of drug-likeness (QED) is 0.808. The molecule has 1 aromatic rings. The molecule has 0 saturated heterocycles. The normalized spacial score (nSPS) is 11.8. The maximum atomic E-state index is 10.4. The smallest absolute Gasteiger partial charge is 0.207 e. The second-order valence-electron chi connectivity index (χ2n) is 4.16. The first kappa shape index (κ1) is 13.8. The van der Waals surface area contributed by atoms with Gasteiger partial charge in [0.15, 0.2) is 0 Å². The lowest BCUT2D eigenvalue weighted by Gasteiger charge is -2.12. The number of benzene rings is 1. The largest absolute Gasteiger partial charge is 0.352 e. The maximum Gasteiger partial charge on any atom is 0.207 e. The molecule has 0 radical (unpaired) electrons. The van der Waals surface area contributed by atoms with Gasteiger partial charge in [0.05, 0.1) is 6.04 Å². The van der Waals surface area contributed by atoms with Crippen LogP contribution in [0.2, 0.25) is 0 Å². The van der Waals surface area contributed by atoms with E-state index in [1.54, 1.807) is 11.8 Å². The van der Waals surface area contributed by atoms with Gasteiger partial charge in [-0.25, -0.2) is 0 Å². The second-order valence-corrected chi connectivity index (χ2v) is 4.98. The van der Waals surface area contributed by atoms with Crippen LogP contribution in [0, 0.1) is 0 Å². The SMILES string of the molecule is CSC(=C(C)C)c1ccc(C(C)NC=O)cc1. The van der Waals surface area contributed by atoms with Gasteiger partial charge in [-0.2, -0.15) is 0 Å². The molecule has 0 heterocycles. The predicted molar refractivity (Wildman–Crippen MR) is 75.8 cm³/mol. The number of carbonyl (C=O) groups is 1.